The Kier molecular flexibility index (Phi) is 6.28. The Balaban J connectivity index is 1.63. The number of fused-ring (bicyclic) bond motifs is 1. The molecule has 162 valence electrons. The molecule has 0 saturated heterocycles. The second-order valence-corrected chi connectivity index (χ2v) is 8.34. The van der Waals surface area contributed by atoms with Gasteiger partial charge in [-0.2, -0.15) is 0 Å². The van der Waals surface area contributed by atoms with E-state index in [2.05, 4.69) is 15.6 Å². The van der Waals surface area contributed by atoms with Gasteiger partial charge in [0.25, 0.3) is 5.91 Å². The van der Waals surface area contributed by atoms with Gasteiger partial charge in [-0.15, -0.1) is 0 Å². The number of halogens is 1. The van der Waals surface area contributed by atoms with Crippen LogP contribution in [0.2, 0.25) is 5.02 Å². The number of anilines is 1. The number of hydrogen-bond donors (Lipinski definition) is 3. The van der Waals surface area contributed by atoms with Gasteiger partial charge in [-0.1, -0.05) is 48.0 Å². The Hall–Kier alpha value is -3.57. The highest BCUT2D eigenvalue weighted by molar-refractivity contribution is 6.33. The Morgan fingerprint density at radius 2 is 1.66 bits per heavy atom. The fourth-order valence-electron chi connectivity index (χ4n) is 3.89. The number of nitrogens with one attached hydrogen (secondary N) is 3. The number of aryl methyl sites for hydroxylation is 2. The molecule has 0 bridgehead atoms. The van der Waals surface area contributed by atoms with Gasteiger partial charge < -0.3 is 15.6 Å². The number of hydrogen-bond acceptors (Lipinski definition) is 2. The first kappa shape index (κ1) is 21.7. The van der Waals surface area contributed by atoms with Crippen LogP contribution in [0.1, 0.15) is 27.0 Å². The molecule has 6 heteroatoms. The molecule has 1 aromatic heterocycles. The predicted octanol–water partition coefficient (Wildman–Crippen LogP) is 5.42. The number of aromatic nitrogens is 1. The minimum atomic E-state index is -0.793. The van der Waals surface area contributed by atoms with E-state index in [1.165, 1.54) is 0 Å². The average Bonchev–Trinajstić information content (AvgIpc) is 3.15. The van der Waals surface area contributed by atoms with E-state index in [0.29, 0.717) is 22.7 Å². The number of rotatable bonds is 6. The van der Waals surface area contributed by atoms with Crippen LogP contribution in [-0.4, -0.2) is 22.8 Å². The zero-order valence-corrected chi connectivity index (χ0v) is 18.7. The van der Waals surface area contributed by atoms with Gasteiger partial charge in [-0.3, -0.25) is 9.59 Å². The van der Waals surface area contributed by atoms with Crippen molar-refractivity contribution in [2.45, 2.75) is 26.3 Å². The molecule has 3 aromatic carbocycles. The molecular formula is C26H24ClN3O2. The van der Waals surface area contributed by atoms with Crippen molar-refractivity contribution in [3.8, 4) is 0 Å². The van der Waals surface area contributed by atoms with Crippen LogP contribution in [0, 0.1) is 13.8 Å². The Bertz CT molecular complexity index is 1270. The van der Waals surface area contributed by atoms with Crippen molar-refractivity contribution in [2.75, 3.05) is 5.32 Å². The normalized spacial score (nSPS) is 11.8. The summed E-state index contributed by atoms with van der Waals surface area (Å²) in [5.74, 6) is -0.684. The Morgan fingerprint density at radius 1 is 0.969 bits per heavy atom. The molecule has 0 aliphatic carbocycles. The number of carbonyl (C=O) groups excluding carboxylic acids is 2. The van der Waals surface area contributed by atoms with Crippen LogP contribution in [0.4, 0.5) is 5.69 Å². The molecule has 0 aliphatic rings. The quantitative estimate of drug-likeness (QED) is 0.371. The van der Waals surface area contributed by atoms with Gasteiger partial charge in [-0.25, -0.2) is 0 Å². The number of aromatic amines is 1. The number of carbonyl (C=O) groups is 2. The predicted molar refractivity (Wildman–Crippen MR) is 129 cm³/mol. The van der Waals surface area contributed by atoms with E-state index in [1.54, 1.807) is 24.3 Å². The number of H-pyrrole nitrogens is 1. The standard InChI is InChI=1S/C26H24ClN3O2/c1-16-11-17(2)13-19(12-16)29-26(32)24(30-25(31)21-8-3-5-9-22(21)27)14-18-15-28-23-10-6-4-7-20(18)23/h3-13,15,24,28H,14H2,1-2H3,(H,29,32)(H,30,31)/t24-/m0/s1. The van der Waals surface area contributed by atoms with Crippen LogP contribution in [0.3, 0.4) is 0 Å². The van der Waals surface area contributed by atoms with Crippen LogP contribution in [0.5, 0.6) is 0 Å². The molecule has 5 nitrogen and oxygen atoms in total. The van der Waals surface area contributed by atoms with Crippen molar-refractivity contribution in [1.29, 1.82) is 0 Å². The lowest BCUT2D eigenvalue weighted by Gasteiger charge is -2.19. The van der Waals surface area contributed by atoms with E-state index in [4.69, 9.17) is 11.6 Å². The van der Waals surface area contributed by atoms with E-state index in [0.717, 1.165) is 27.6 Å². The van der Waals surface area contributed by atoms with Gasteiger partial charge in [-0.05, 0) is 60.9 Å². The zero-order valence-electron chi connectivity index (χ0n) is 17.9. The fourth-order valence-corrected chi connectivity index (χ4v) is 4.11. The minimum Gasteiger partial charge on any atom is -0.361 e. The van der Waals surface area contributed by atoms with Crippen LogP contribution in [-0.2, 0) is 11.2 Å². The lowest BCUT2D eigenvalue weighted by molar-refractivity contribution is -0.118. The molecule has 32 heavy (non-hydrogen) atoms. The molecule has 4 aromatic rings. The number of amides is 2. The molecule has 3 N–H and O–H groups in total. The summed E-state index contributed by atoms with van der Waals surface area (Å²) in [5, 5.41) is 7.19. The Morgan fingerprint density at radius 3 is 2.41 bits per heavy atom. The molecule has 2 amide bonds. The van der Waals surface area contributed by atoms with Crippen molar-refractivity contribution in [1.82, 2.24) is 10.3 Å². The topological polar surface area (TPSA) is 74.0 Å². The van der Waals surface area contributed by atoms with Crippen LogP contribution < -0.4 is 10.6 Å². The molecule has 0 unspecified atom stereocenters. The maximum Gasteiger partial charge on any atom is 0.253 e. The third-order valence-electron chi connectivity index (χ3n) is 5.33. The van der Waals surface area contributed by atoms with E-state index in [1.807, 2.05) is 62.5 Å². The summed E-state index contributed by atoms with van der Waals surface area (Å²) in [6.07, 6.45) is 2.21. The second-order valence-electron chi connectivity index (χ2n) is 7.94. The van der Waals surface area contributed by atoms with Crippen molar-refractivity contribution in [2.24, 2.45) is 0 Å². The monoisotopic (exact) mass is 445 g/mol. The highest BCUT2D eigenvalue weighted by Gasteiger charge is 2.24. The maximum atomic E-state index is 13.3. The summed E-state index contributed by atoms with van der Waals surface area (Å²) in [4.78, 5) is 29.5. The fraction of sp³-hybridized carbons (Fsp3) is 0.154. The molecule has 1 heterocycles. The van der Waals surface area contributed by atoms with Gasteiger partial charge in [0.1, 0.15) is 6.04 Å². The van der Waals surface area contributed by atoms with Crippen molar-refractivity contribution in [3.05, 3.63) is 100 Å². The van der Waals surface area contributed by atoms with Gasteiger partial charge in [0.05, 0.1) is 10.6 Å². The van der Waals surface area contributed by atoms with Crippen molar-refractivity contribution in [3.63, 3.8) is 0 Å². The molecule has 0 aliphatic heterocycles. The largest absolute Gasteiger partial charge is 0.361 e. The smallest absolute Gasteiger partial charge is 0.253 e. The third kappa shape index (κ3) is 4.84. The Labute approximate surface area is 191 Å². The summed E-state index contributed by atoms with van der Waals surface area (Å²) in [5.41, 5.74) is 5.05. The summed E-state index contributed by atoms with van der Waals surface area (Å²) in [6, 6.07) is 19.7. The van der Waals surface area contributed by atoms with Gasteiger partial charge in [0.15, 0.2) is 0 Å². The molecule has 0 saturated carbocycles. The average molecular weight is 446 g/mol. The SMILES string of the molecule is Cc1cc(C)cc(NC(=O)[C@H](Cc2c[nH]c3ccccc23)NC(=O)c2ccccc2Cl)c1. The van der Waals surface area contributed by atoms with Gasteiger partial charge in [0.2, 0.25) is 5.91 Å². The molecule has 0 fully saturated rings. The highest BCUT2D eigenvalue weighted by Crippen LogP contribution is 2.21. The second kappa shape index (κ2) is 9.28. The van der Waals surface area contributed by atoms with Gasteiger partial charge in [0, 0.05) is 29.2 Å². The summed E-state index contributed by atoms with van der Waals surface area (Å²) in [7, 11) is 0. The highest BCUT2D eigenvalue weighted by atomic mass is 35.5. The van der Waals surface area contributed by atoms with Crippen molar-refractivity contribution < 1.29 is 9.59 Å². The molecule has 1 atom stereocenters. The molecule has 4 rings (SSSR count). The van der Waals surface area contributed by atoms with Crippen LogP contribution >= 0.6 is 11.6 Å². The van der Waals surface area contributed by atoms with Crippen LogP contribution in [0.15, 0.2) is 72.9 Å². The number of benzene rings is 3. The minimum absolute atomic E-state index is 0.291. The molecular weight excluding hydrogens is 422 g/mol. The first-order valence-electron chi connectivity index (χ1n) is 10.4. The maximum absolute atomic E-state index is 13.3. The van der Waals surface area contributed by atoms with E-state index < -0.39 is 11.9 Å². The lowest BCUT2D eigenvalue weighted by atomic mass is 10.0. The summed E-state index contributed by atoms with van der Waals surface area (Å²) >= 11 is 6.20. The molecule has 0 spiro atoms. The third-order valence-corrected chi connectivity index (χ3v) is 5.66. The number of para-hydroxylation sites is 1. The first-order valence-corrected chi connectivity index (χ1v) is 10.8. The van der Waals surface area contributed by atoms with Crippen molar-refractivity contribution >= 4 is 40.0 Å². The lowest BCUT2D eigenvalue weighted by Crippen LogP contribution is -2.45. The van der Waals surface area contributed by atoms with Gasteiger partial charge >= 0.3 is 0 Å². The molecule has 0 radical (unpaired) electrons. The zero-order chi connectivity index (χ0) is 22.7. The summed E-state index contributed by atoms with van der Waals surface area (Å²) in [6.45, 7) is 3.95. The first-order chi connectivity index (χ1) is 15.4. The summed E-state index contributed by atoms with van der Waals surface area (Å²) < 4.78 is 0. The van der Waals surface area contributed by atoms with E-state index in [-0.39, 0.29) is 5.91 Å². The van der Waals surface area contributed by atoms with Crippen LogP contribution in [0.25, 0.3) is 10.9 Å². The van der Waals surface area contributed by atoms with E-state index in [9.17, 15) is 9.59 Å². The van der Waals surface area contributed by atoms with E-state index >= 15 is 0 Å².